The van der Waals surface area contributed by atoms with Crippen molar-refractivity contribution in [3.05, 3.63) is 30.1 Å². The summed E-state index contributed by atoms with van der Waals surface area (Å²) < 4.78 is 11.4. The van der Waals surface area contributed by atoms with E-state index in [4.69, 9.17) is 9.47 Å². The van der Waals surface area contributed by atoms with Crippen molar-refractivity contribution in [3.8, 4) is 22.8 Å². The van der Waals surface area contributed by atoms with Gasteiger partial charge < -0.3 is 14.8 Å². The molecule has 2 aromatic rings. The van der Waals surface area contributed by atoms with Crippen molar-refractivity contribution >= 4 is 5.82 Å². The van der Waals surface area contributed by atoms with Crippen LogP contribution in [0.25, 0.3) is 11.3 Å². The Hall–Kier alpha value is -2.30. The summed E-state index contributed by atoms with van der Waals surface area (Å²) in [7, 11) is 1.87. The quantitative estimate of drug-likeness (QED) is 0.939. The summed E-state index contributed by atoms with van der Waals surface area (Å²) in [5, 5.41) is 3.12. The van der Waals surface area contributed by atoms with Crippen LogP contribution in [0.4, 0.5) is 5.82 Å². The predicted octanol–water partition coefficient (Wildman–Crippen LogP) is 2.91. The average molecular weight is 285 g/mol. The van der Waals surface area contributed by atoms with Crippen molar-refractivity contribution in [1.29, 1.82) is 0 Å². The number of rotatable bonds is 3. The molecule has 2 heterocycles. The summed E-state index contributed by atoms with van der Waals surface area (Å²) in [6.07, 6.45) is 3.35. The average Bonchev–Trinajstić information content (AvgIpc) is 2.78. The van der Waals surface area contributed by atoms with E-state index >= 15 is 0 Å². The molecule has 0 unspecified atom stereocenters. The molecule has 0 saturated heterocycles. The summed E-state index contributed by atoms with van der Waals surface area (Å²) in [5.41, 5.74) is 3.07. The molecule has 0 bridgehead atoms. The Labute approximate surface area is 124 Å². The highest BCUT2D eigenvalue weighted by Gasteiger charge is 2.15. The monoisotopic (exact) mass is 285 g/mol. The van der Waals surface area contributed by atoms with Gasteiger partial charge in [-0.25, -0.2) is 9.97 Å². The number of fused-ring (bicyclic) bond motifs is 1. The minimum Gasteiger partial charge on any atom is -0.490 e. The van der Waals surface area contributed by atoms with Gasteiger partial charge in [-0.3, -0.25) is 0 Å². The van der Waals surface area contributed by atoms with E-state index in [1.165, 1.54) is 0 Å². The van der Waals surface area contributed by atoms with Gasteiger partial charge in [-0.1, -0.05) is 6.92 Å². The van der Waals surface area contributed by atoms with Crippen LogP contribution in [-0.2, 0) is 6.42 Å². The fourth-order valence-corrected chi connectivity index (χ4v) is 2.52. The van der Waals surface area contributed by atoms with E-state index in [1.807, 2.05) is 25.2 Å². The molecule has 5 heteroatoms. The number of nitrogens with zero attached hydrogens (tertiary/aromatic N) is 2. The molecule has 21 heavy (non-hydrogen) atoms. The molecule has 1 aliphatic heterocycles. The number of hydrogen-bond acceptors (Lipinski definition) is 5. The third kappa shape index (κ3) is 2.63. The molecule has 3 rings (SSSR count). The summed E-state index contributed by atoms with van der Waals surface area (Å²) in [4.78, 5) is 8.73. The molecule has 0 saturated carbocycles. The van der Waals surface area contributed by atoms with Gasteiger partial charge in [0.05, 0.1) is 18.9 Å². The Morgan fingerprint density at radius 1 is 1.14 bits per heavy atom. The predicted molar refractivity (Wildman–Crippen MR) is 82.0 cm³/mol. The minimum absolute atomic E-state index is 0.683. The van der Waals surface area contributed by atoms with Gasteiger partial charge in [0.15, 0.2) is 11.5 Å². The molecule has 0 aliphatic carbocycles. The van der Waals surface area contributed by atoms with Gasteiger partial charge >= 0.3 is 0 Å². The summed E-state index contributed by atoms with van der Waals surface area (Å²) in [5.74, 6) is 2.46. The van der Waals surface area contributed by atoms with Crippen LogP contribution in [0.15, 0.2) is 24.5 Å². The molecular formula is C16H19N3O2. The lowest BCUT2D eigenvalue weighted by atomic mass is 10.0. The maximum absolute atomic E-state index is 5.76. The molecule has 1 aromatic carbocycles. The van der Waals surface area contributed by atoms with Crippen molar-refractivity contribution in [3.63, 3.8) is 0 Å². The molecule has 0 amide bonds. The van der Waals surface area contributed by atoms with Crippen LogP contribution in [0, 0.1) is 0 Å². The van der Waals surface area contributed by atoms with Crippen molar-refractivity contribution in [1.82, 2.24) is 9.97 Å². The Morgan fingerprint density at radius 3 is 2.71 bits per heavy atom. The number of benzene rings is 1. The number of nitrogens with one attached hydrogen (secondary N) is 1. The third-order valence-electron chi connectivity index (χ3n) is 3.56. The van der Waals surface area contributed by atoms with Crippen molar-refractivity contribution in [2.75, 3.05) is 25.6 Å². The fourth-order valence-electron chi connectivity index (χ4n) is 2.52. The zero-order valence-electron chi connectivity index (χ0n) is 12.3. The maximum atomic E-state index is 5.76. The van der Waals surface area contributed by atoms with Crippen molar-refractivity contribution in [2.45, 2.75) is 19.8 Å². The molecule has 110 valence electrons. The smallest absolute Gasteiger partial charge is 0.161 e. The van der Waals surface area contributed by atoms with Crippen LogP contribution in [0.3, 0.4) is 0 Å². The molecule has 0 radical (unpaired) electrons. The van der Waals surface area contributed by atoms with Gasteiger partial charge in [-0.15, -0.1) is 0 Å². The van der Waals surface area contributed by atoms with Gasteiger partial charge in [0, 0.05) is 24.6 Å². The second kappa shape index (κ2) is 5.99. The number of hydrogen-bond donors (Lipinski definition) is 1. The number of aromatic nitrogens is 2. The minimum atomic E-state index is 0.683. The van der Waals surface area contributed by atoms with Crippen LogP contribution in [0.5, 0.6) is 11.5 Å². The van der Waals surface area contributed by atoms with Crippen LogP contribution in [0.1, 0.15) is 18.9 Å². The second-order valence-corrected chi connectivity index (χ2v) is 4.86. The van der Waals surface area contributed by atoms with Gasteiger partial charge in [-0.05, 0) is 24.6 Å². The molecule has 0 atom stereocenters. The van der Waals surface area contributed by atoms with Gasteiger partial charge in [0.2, 0.25) is 0 Å². The lowest BCUT2D eigenvalue weighted by Crippen LogP contribution is -2.02. The van der Waals surface area contributed by atoms with Crippen LogP contribution >= 0.6 is 0 Å². The van der Waals surface area contributed by atoms with E-state index in [9.17, 15) is 0 Å². The zero-order chi connectivity index (χ0) is 14.7. The fraction of sp³-hybridized carbons (Fsp3) is 0.375. The summed E-state index contributed by atoms with van der Waals surface area (Å²) >= 11 is 0. The summed E-state index contributed by atoms with van der Waals surface area (Å²) in [6, 6.07) is 5.98. The SMILES string of the molecule is CCc1c(NC)ncnc1-c1ccc2c(c1)OCCCO2. The molecule has 5 nitrogen and oxygen atoms in total. The molecule has 0 spiro atoms. The normalized spacial score (nSPS) is 13.6. The van der Waals surface area contributed by atoms with Crippen molar-refractivity contribution < 1.29 is 9.47 Å². The maximum Gasteiger partial charge on any atom is 0.161 e. The standard InChI is InChI=1S/C16H19N3O2/c1-3-12-15(18-10-19-16(12)17-2)11-5-6-13-14(9-11)21-8-4-7-20-13/h5-6,9-10H,3-4,7-8H2,1-2H3,(H,17,18,19). The van der Waals surface area contributed by atoms with E-state index < -0.39 is 0 Å². The second-order valence-electron chi connectivity index (χ2n) is 4.86. The van der Waals surface area contributed by atoms with Gasteiger partial charge in [0.25, 0.3) is 0 Å². The van der Waals surface area contributed by atoms with Crippen LogP contribution in [0.2, 0.25) is 0 Å². The molecule has 1 N–H and O–H groups in total. The topological polar surface area (TPSA) is 56.3 Å². The Balaban J connectivity index is 2.07. The van der Waals surface area contributed by atoms with Gasteiger partial charge in [-0.2, -0.15) is 0 Å². The third-order valence-corrected chi connectivity index (χ3v) is 3.56. The van der Waals surface area contributed by atoms with E-state index in [1.54, 1.807) is 6.33 Å². The largest absolute Gasteiger partial charge is 0.490 e. The number of anilines is 1. The van der Waals surface area contributed by atoms with Crippen LogP contribution in [-0.4, -0.2) is 30.2 Å². The molecule has 1 aliphatic rings. The van der Waals surface area contributed by atoms with Crippen molar-refractivity contribution in [2.24, 2.45) is 0 Å². The number of ether oxygens (including phenoxy) is 2. The highest BCUT2D eigenvalue weighted by atomic mass is 16.5. The Bertz CT molecular complexity index is 643. The van der Waals surface area contributed by atoms with E-state index in [-0.39, 0.29) is 0 Å². The van der Waals surface area contributed by atoms with E-state index in [2.05, 4.69) is 22.2 Å². The summed E-state index contributed by atoms with van der Waals surface area (Å²) in [6.45, 7) is 3.48. The van der Waals surface area contributed by atoms with Gasteiger partial charge in [0.1, 0.15) is 12.1 Å². The lowest BCUT2D eigenvalue weighted by Gasteiger charge is -2.13. The Morgan fingerprint density at radius 2 is 1.95 bits per heavy atom. The van der Waals surface area contributed by atoms with Crippen LogP contribution < -0.4 is 14.8 Å². The highest BCUT2D eigenvalue weighted by molar-refractivity contribution is 5.70. The zero-order valence-corrected chi connectivity index (χ0v) is 12.3. The van der Waals surface area contributed by atoms with E-state index in [0.29, 0.717) is 13.2 Å². The first-order valence-corrected chi connectivity index (χ1v) is 7.25. The molecular weight excluding hydrogens is 266 g/mol. The first-order chi connectivity index (χ1) is 10.3. The highest BCUT2D eigenvalue weighted by Crippen LogP contribution is 2.35. The van der Waals surface area contributed by atoms with E-state index in [0.717, 1.165) is 47.0 Å². The Kier molecular flexibility index (Phi) is 3.90. The molecule has 1 aromatic heterocycles. The first-order valence-electron chi connectivity index (χ1n) is 7.25. The first kappa shape index (κ1) is 13.7. The molecule has 0 fully saturated rings. The lowest BCUT2D eigenvalue weighted by molar-refractivity contribution is 0.297.